The van der Waals surface area contributed by atoms with Gasteiger partial charge in [-0.2, -0.15) is 5.10 Å². The van der Waals surface area contributed by atoms with Crippen molar-refractivity contribution in [3.05, 3.63) is 11.8 Å². The monoisotopic (exact) mass is 167 g/mol. The summed E-state index contributed by atoms with van der Waals surface area (Å²) in [5.74, 6) is 0.659. The summed E-state index contributed by atoms with van der Waals surface area (Å²) >= 11 is 0. The molecule has 0 fully saturated rings. The summed E-state index contributed by atoms with van der Waals surface area (Å²) in [7, 11) is 0. The fourth-order valence-electron chi connectivity index (χ4n) is 1.17. The molecule has 0 radical (unpaired) electrons. The van der Waals surface area contributed by atoms with Crippen LogP contribution in [0.1, 0.15) is 31.7 Å². The van der Waals surface area contributed by atoms with Gasteiger partial charge in [-0.3, -0.25) is 4.68 Å². The first-order chi connectivity index (χ1) is 5.74. The molecule has 0 atom stereocenters. The molecule has 1 aromatic heterocycles. The fourth-order valence-corrected chi connectivity index (χ4v) is 1.17. The molecule has 3 nitrogen and oxygen atoms in total. The third-order valence-corrected chi connectivity index (χ3v) is 1.97. The van der Waals surface area contributed by atoms with Crippen LogP contribution in [0.15, 0.2) is 6.20 Å². The molecule has 0 aromatic carbocycles. The van der Waals surface area contributed by atoms with Crippen molar-refractivity contribution in [3.8, 4) is 0 Å². The van der Waals surface area contributed by atoms with E-state index in [2.05, 4.69) is 12.0 Å². The van der Waals surface area contributed by atoms with Gasteiger partial charge in [0.2, 0.25) is 0 Å². The van der Waals surface area contributed by atoms with Crippen LogP contribution in [0.25, 0.3) is 0 Å². The SMILES string of the molecule is CCCCCn1cc(C)c(N)n1. The largest absolute Gasteiger partial charge is 0.382 e. The van der Waals surface area contributed by atoms with Gasteiger partial charge in [-0.1, -0.05) is 19.8 Å². The van der Waals surface area contributed by atoms with E-state index in [-0.39, 0.29) is 0 Å². The predicted octanol–water partition coefficient (Wildman–Crippen LogP) is 1.96. The van der Waals surface area contributed by atoms with Crippen molar-refractivity contribution in [1.82, 2.24) is 9.78 Å². The molecule has 0 aliphatic rings. The maximum atomic E-state index is 5.61. The van der Waals surface area contributed by atoms with Gasteiger partial charge in [0.1, 0.15) is 5.82 Å². The first kappa shape index (κ1) is 9.10. The fraction of sp³-hybridized carbons (Fsp3) is 0.667. The molecule has 0 spiro atoms. The molecule has 1 rings (SSSR count). The number of nitrogens with two attached hydrogens (primary N) is 1. The summed E-state index contributed by atoms with van der Waals surface area (Å²) in [4.78, 5) is 0. The standard InChI is InChI=1S/C9H17N3/c1-3-4-5-6-12-7-8(2)9(10)11-12/h7H,3-6H2,1-2H3,(H2,10,11). The highest BCUT2D eigenvalue weighted by atomic mass is 15.3. The smallest absolute Gasteiger partial charge is 0.148 e. The molecule has 0 unspecified atom stereocenters. The summed E-state index contributed by atoms with van der Waals surface area (Å²) in [6, 6.07) is 0. The Balaban J connectivity index is 2.42. The Morgan fingerprint density at radius 2 is 2.25 bits per heavy atom. The Morgan fingerprint density at radius 3 is 2.75 bits per heavy atom. The molecule has 0 saturated heterocycles. The highest BCUT2D eigenvalue weighted by Gasteiger charge is 1.98. The zero-order valence-electron chi connectivity index (χ0n) is 7.88. The zero-order valence-corrected chi connectivity index (χ0v) is 7.88. The topological polar surface area (TPSA) is 43.8 Å². The number of aromatic nitrogens is 2. The number of nitrogen functional groups attached to an aromatic ring is 1. The molecule has 0 aliphatic heterocycles. The van der Waals surface area contributed by atoms with Gasteiger partial charge in [0.15, 0.2) is 0 Å². The van der Waals surface area contributed by atoms with Gasteiger partial charge in [-0.15, -0.1) is 0 Å². The Kier molecular flexibility index (Phi) is 3.14. The van der Waals surface area contributed by atoms with Gasteiger partial charge in [0, 0.05) is 18.3 Å². The second kappa shape index (κ2) is 4.14. The Hall–Kier alpha value is -0.990. The lowest BCUT2D eigenvalue weighted by Crippen LogP contribution is -1.99. The van der Waals surface area contributed by atoms with Crippen LogP contribution in [0.2, 0.25) is 0 Å². The van der Waals surface area contributed by atoms with E-state index >= 15 is 0 Å². The quantitative estimate of drug-likeness (QED) is 0.697. The van der Waals surface area contributed by atoms with E-state index in [1.807, 2.05) is 17.8 Å². The van der Waals surface area contributed by atoms with Crippen molar-refractivity contribution >= 4 is 5.82 Å². The molecule has 1 heterocycles. The second-order valence-electron chi connectivity index (χ2n) is 3.17. The van der Waals surface area contributed by atoms with Crippen LogP contribution in [0.3, 0.4) is 0 Å². The summed E-state index contributed by atoms with van der Waals surface area (Å²) in [5, 5.41) is 4.18. The van der Waals surface area contributed by atoms with Crippen molar-refractivity contribution in [2.45, 2.75) is 39.7 Å². The summed E-state index contributed by atoms with van der Waals surface area (Å²) in [6.07, 6.45) is 5.70. The minimum absolute atomic E-state index is 0.659. The molecular formula is C9H17N3. The molecule has 0 saturated carbocycles. The number of anilines is 1. The van der Waals surface area contributed by atoms with Crippen LogP contribution in [-0.4, -0.2) is 9.78 Å². The van der Waals surface area contributed by atoms with E-state index < -0.39 is 0 Å². The van der Waals surface area contributed by atoms with Crippen LogP contribution in [0, 0.1) is 6.92 Å². The van der Waals surface area contributed by atoms with E-state index in [1.165, 1.54) is 19.3 Å². The lowest BCUT2D eigenvalue weighted by molar-refractivity contribution is 0.554. The molecule has 0 amide bonds. The van der Waals surface area contributed by atoms with Crippen LogP contribution in [-0.2, 0) is 6.54 Å². The van der Waals surface area contributed by atoms with E-state index in [1.54, 1.807) is 0 Å². The minimum Gasteiger partial charge on any atom is -0.382 e. The van der Waals surface area contributed by atoms with Gasteiger partial charge in [-0.25, -0.2) is 0 Å². The van der Waals surface area contributed by atoms with Crippen LogP contribution >= 0.6 is 0 Å². The van der Waals surface area contributed by atoms with Crippen LogP contribution in [0.4, 0.5) is 5.82 Å². The number of nitrogens with zero attached hydrogens (tertiary/aromatic N) is 2. The van der Waals surface area contributed by atoms with Gasteiger partial charge >= 0.3 is 0 Å². The molecule has 0 aliphatic carbocycles. The molecular weight excluding hydrogens is 150 g/mol. The lowest BCUT2D eigenvalue weighted by Gasteiger charge is -1.98. The molecule has 1 aromatic rings. The second-order valence-corrected chi connectivity index (χ2v) is 3.17. The van der Waals surface area contributed by atoms with Crippen molar-refractivity contribution in [2.75, 3.05) is 5.73 Å². The Morgan fingerprint density at radius 1 is 1.50 bits per heavy atom. The number of hydrogen-bond donors (Lipinski definition) is 1. The maximum absolute atomic E-state index is 5.61. The number of unbranched alkanes of at least 4 members (excludes halogenated alkanes) is 2. The summed E-state index contributed by atoms with van der Waals surface area (Å²) in [5.41, 5.74) is 6.69. The molecule has 0 bridgehead atoms. The highest BCUT2D eigenvalue weighted by Crippen LogP contribution is 2.07. The molecule has 68 valence electrons. The first-order valence-corrected chi connectivity index (χ1v) is 4.53. The normalized spacial score (nSPS) is 10.5. The molecule has 12 heavy (non-hydrogen) atoms. The van der Waals surface area contributed by atoms with Crippen molar-refractivity contribution in [2.24, 2.45) is 0 Å². The van der Waals surface area contributed by atoms with Crippen molar-refractivity contribution in [1.29, 1.82) is 0 Å². The minimum atomic E-state index is 0.659. The van der Waals surface area contributed by atoms with Crippen LogP contribution in [0.5, 0.6) is 0 Å². The van der Waals surface area contributed by atoms with Crippen LogP contribution < -0.4 is 5.73 Å². The van der Waals surface area contributed by atoms with Crippen molar-refractivity contribution in [3.63, 3.8) is 0 Å². The van der Waals surface area contributed by atoms with Gasteiger partial charge in [0.25, 0.3) is 0 Å². The van der Waals surface area contributed by atoms with Gasteiger partial charge in [0.05, 0.1) is 0 Å². The lowest BCUT2D eigenvalue weighted by atomic mass is 10.2. The predicted molar refractivity (Wildman–Crippen MR) is 50.9 cm³/mol. The van der Waals surface area contributed by atoms with Gasteiger partial charge in [-0.05, 0) is 13.3 Å². The first-order valence-electron chi connectivity index (χ1n) is 4.53. The average Bonchev–Trinajstić information content (AvgIpc) is 2.32. The van der Waals surface area contributed by atoms with E-state index in [4.69, 9.17) is 5.73 Å². The third-order valence-electron chi connectivity index (χ3n) is 1.97. The number of aryl methyl sites for hydroxylation is 2. The maximum Gasteiger partial charge on any atom is 0.148 e. The Labute approximate surface area is 73.6 Å². The number of hydrogen-bond acceptors (Lipinski definition) is 2. The zero-order chi connectivity index (χ0) is 8.97. The van der Waals surface area contributed by atoms with E-state index in [0.717, 1.165) is 12.1 Å². The average molecular weight is 167 g/mol. The summed E-state index contributed by atoms with van der Waals surface area (Å²) < 4.78 is 1.93. The van der Waals surface area contributed by atoms with E-state index in [9.17, 15) is 0 Å². The van der Waals surface area contributed by atoms with Gasteiger partial charge < -0.3 is 5.73 Å². The third kappa shape index (κ3) is 2.26. The number of rotatable bonds is 4. The summed E-state index contributed by atoms with van der Waals surface area (Å²) in [6.45, 7) is 5.17. The molecule has 3 heteroatoms. The Bertz CT molecular complexity index is 220. The van der Waals surface area contributed by atoms with Crippen molar-refractivity contribution < 1.29 is 0 Å². The highest BCUT2D eigenvalue weighted by molar-refractivity contribution is 5.35. The molecule has 2 N–H and O–H groups in total. The van der Waals surface area contributed by atoms with E-state index in [0.29, 0.717) is 5.82 Å².